The third-order valence-electron chi connectivity index (χ3n) is 3.50. The fourth-order valence-electron chi connectivity index (χ4n) is 2.40. The molecule has 0 spiro atoms. The maximum absolute atomic E-state index is 5.80. The second-order valence-electron chi connectivity index (χ2n) is 4.68. The molecule has 0 aromatic carbocycles. The molecule has 0 saturated heterocycles. The Kier molecular flexibility index (Phi) is 4.19. The first kappa shape index (κ1) is 11.9. The molecule has 16 heavy (non-hydrogen) atoms. The number of hydrogen-bond acceptors (Lipinski definition) is 2. The third kappa shape index (κ3) is 3.19. The zero-order chi connectivity index (χ0) is 11.4. The molecular formula is C13H19ClN2. The Hall–Kier alpha value is -0.600. The monoisotopic (exact) mass is 238 g/mol. The minimum atomic E-state index is 0.597. The van der Waals surface area contributed by atoms with Crippen LogP contribution in [-0.4, -0.2) is 11.0 Å². The average Bonchev–Trinajstić information content (AvgIpc) is 2.81. The summed E-state index contributed by atoms with van der Waals surface area (Å²) >= 11 is 5.80. The van der Waals surface area contributed by atoms with Crippen LogP contribution in [0.5, 0.6) is 0 Å². The number of nitrogens with zero attached hydrogens (tertiary/aromatic N) is 1. The molecule has 1 N–H and O–H groups in total. The highest BCUT2D eigenvalue weighted by atomic mass is 35.5. The van der Waals surface area contributed by atoms with E-state index in [1.54, 1.807) is 6.20 Å². The maximum atomic E-state index is 5.80. The van der Waals surface area contributed by atoms with E-state index in [0.29, 0.717) is 11.1 Å². The second-order valence-corrected chi connectivity index (χ2v) is 5.12. The van der Waals surface area contributed by atoms with E-state index in [2.05, 4.69) is 17.2 Å². The predicted molar refractivity (Wildman–Crippen MR) is 67.5 cm³/mol. The van der Waals surface area contributed by atoms with Crippen LogP contribution in [0.15, 0.2) is 18.3 Å². The van der Waals surface area contributed by atoms with Gasteiger partial charge in [0, 0.05) is 18.8 Å². The Morgan fingerprint density at radius 3 is 2.81 bits per heavy atom. The smallest absolute Gasteiger partial charge is 0.0589 e. The Morgan fingerprint density at radius 1 is 1.44 bits per heavy atom. The van der Waals surface area contributed by atoms with Gasteiger partial charge in [0.1, 0.15) is 0 Å². The molecule has 1 aliphatic carbocycles. The van der Waals surface area contributed by atoms with E-state index in [-0.39, 0.29) is 0 Å². The Morgan fingerprint density at radius 2 is 2.19 bits per heavy atom. The van der Waals surface area contributed by atoms with Crippen molar-refractivity contribution in [2.24, 2.45) is 5.92 Å². The van der Waals surface area contributed by atoms with Crippen LogP contribution in [0.1, 0.15) is 38.3 Å². The molecule has 1 aromatic heterocycles. The van der Waals surface area contributed by atoms with Crippen molar-refractivity contribution in [3.05, 3.63) is 29.0 Å². The molecule has 3 heteroatoms. The second kappa shape index (κ2) is 5.65. The van der Waals surface area contributed by atoms with Gasteiger partial charge in [-0.05, 0) is 37.8 Å². The third-order valence-corrected chi connectivity index (χ3v) is 3.72. The van der Waals surface area contributed by atoms with Crippen LogP contribution in [0.3, 0.4) is 0 Å². The van der Waals surface area contributed by atoms with E-state index in [9.17, 15) is 0 Å². The summed E-state index contributed by atoms with van der Waals surface area (Å²) in [4.78, 5) is 4.28. The number of rotatable bonds is 4. The van der Waals surface area contributed by atoms with Gasteiger partial charge in [-0.3, -0.25) is 4.98 Å². The van der Waals surface area contributed by atoms with Crippen LogP contribution in [0, 0.1) is 5.92 Å². The Labute approximate surface area is 102 Å². The molecule has 1 unspecified atom stereocenters. The van der Waals surface area contributed by atoms with E-state index < -0.39 is 0 Å². The fraction of sp³-hybridized carbons (Fsp3) is 0.615. The highest BCUT2D eigenvalue weighted by Gasteiger charge is 2.20. The summed E-state index contributed by atoms with van der Waals surface area (Å²) in [5.41, 5.74) is 1.06. The summed E-state index contributed by atoms with van der Waals surface area (Å²) in [6, 6.07) is 4.47. The van der Waals surface area contributed by atoms with Crippen molar-refractivity contribution >= 4 is 11.6 Å². The van der Waals surface area contributed by atoms with Crippen molar-refractivity contribution in [2.45, 2.75) is 45.2 Å². The van der Waals surface area contributed by atoms with Gasteiger partial charge in [0.05, 0.1) is 10.7 Å². The molecule has 88 valence electrons. The zero-order valence-electron chi connectivity index (χ0n) is 9.75. The Balaban J connectivity index is 1.80. The van der Waals surface area contributed by atoms with Crippen molar-refractivity contribution in [1.82, 2.24) is 10.3 Å². The van der Waals surface area contributed by atoms with Crippen molar-refractivity contribution in [2.75, 3.05) is 0 Å². The molecule has 1 saturated carbocycles. The molecule has 0 amide bonds. The Bertz CT molecular complexity index is 317. The summed E-state index contributed by atoms with van der Waals surface area (Å²) < 4.78 is 0. The molecule has 1 aliphatic rings. The molecule has 1 atom stereocenters. The zero-order valence-corrected chi connectivity index (χ0v) is 10.5. The van der Waals surface area contributed by atoms with Gasteiger partial charge < -0.3 is 5.32 Å². The van der Waals surface area contributed by atoms with E-state index in [1.165, 1.54) is 25.7 Å². The van der Waals surface area contributed by atoms with Gasteiger partial charge in [-0.2, -0.15) is 0 Å². The van der Waals surface area contributed by atoms with Crippen molar-refractivity contribution in [3.63, 3.8) is 0 Å². The van der Waals surface area contributed by atoms with Crippen LogP contribution in [0.25, 0.3) is 0 Å². The molecule has 0 bridgehead atoms. The maximum Gasteiger partial charge on any atom is 0.0589 e. The van der Waals surface area contributed by atoms with E-state index >= 15 is 0 Å². The van der Waals surface area contributed by atoms with E-state index in [0.717, 1.165) is 18.2 Å². The van der Waals surface area contributed by atoms with Crippen LogP contribution < -0.4 is 5.32 Å². The molecule has 2 rings (SSSR count). The largest absolute Gasteiger partial charge is 0.308 e. The highest BCUT2D eigenvalue weighted by Crippen LogP contribution is 2.27. The van der Waals surface area contributed by atoms with Gasteiger partial charge in [-0.1, -0.05) is 24.4 Å². The van der Waals surface area contributed by atoms with Crippen LogP contribution in [-0.2, 0) is 6.54 Å². The van der Waals surface area contributed by atoms with Crippen LogP contribution >= 0.6 is 11.6 Å². The summed E-state index contributed by atoms with van der Waals surface area (Å²) in [6.07, 6.45) is 7.26. The first-order valence-corrected chi connectivity index (χ1v) is 6.47. The molecule has 0 aliphatic heterocycles. The van der Waals surface area contributed by atoms with Gasteiger partial charge >= 0.3 is 0 Å². The minimum Gasteiger partial charge on any atom is -0.308 e. The minimum absolute atomic E-state index is 0.597. The van der Waals surface area contributed by atoms with Gasteiger partial charge in [-0.25, -0.2) is 0 Å². The number of aromatic nitrogens is 1. The van der Waals surface area contributed by atoms with Gasteiger partial charge in [-0.15, -0.1) is 0 Å². The van der Waals surface area contributed by atoms with Crippen molar-refractivity contribution < 1.29 is 0 Å². The lowest BCUT2D eigenvalue weighted by Gasteiger charge is -2.20. The number of halogens is 1. The SMILES string of the molecule is CC(NCc1ccc(Cl)cn1)C1CCCC1. The van der Waals surface area contributed by atoms with Gasteiger partial charge in [0.25, 0.3) is 0 Å². The molecule has 0 radical (unpaired) electrons. The summed E-state index contributed by atoms with van der Waals surface area (Å²) in [7, 11) is 0. The predicted octanol–water partition coefficient (Wildman–Crippen LogP) is 3.40. The van der Waals surface area contributed by atoms with E-state index in [1.807, 2.05) is 12.1 Å². The van der Waals surface area contributed by atoms with Crippen LogP contribution in [0.2, 0.25) is 5.02 Å². The molecule has 1 heterocycles. The molecule has 1 aromatic rings. The van der Waals surface area contributed by atoms with Crippen molar-refractivity contribution in [3.8, 4) is 0 Å². The first-order valence-electron chi connectivity index (χ1n) is 6.09. The highest BCUT2D eigenvalue weighted by molar-refractivity contribution is 6.30. The number of nitrogens with one attached hydrogen (secondary N) is 1. The average molecular weight is 239 g/mol. The lowest BCUT2D eigenvalue weighted by Crippen LogP contribution is -2.31. The fourth-order valence-corrected chi connectivity index (χ4v) is 2.51. The number of pyridine rings is 1. The standard InChI is InChI=1S/C13H19ClN2/c1-10(11-4-2-3-5-11)15-9-13-7-6-12(14)8-16-13/h6-8,10-11,15H,2-5,9H2,1H3. The quantitative estimate of drug-likeness (QED) is 0.870. The van der Waals surface area contributed by atoms with Crippen molar-refractivity contribution in [1.29, 1.82) is 0 Å². The van der Waals surface area contributed by atoms with E-state index in [4.69, 9.17) is 11.6 Å². The molecule has 1 fully saturated rings. The summed E-state index contributed by atoms with van der Waals surface area (Å²) in [6.45, 7) is 3.13. The lowest BCUT2D eigenvalue weighted by molar-refractivity contribution is 0.379. The van der Waals surface area contributed by atoms with Crippen LogP contribution in [0.4, 0.5) is 0 Å². The van der Waals surface area contributed by atoms with Gasteiger partial charge in [0.15, 0.2) is 0 Å². The molecule has 2 nitrogen and oxygen atoms in total. The lowest BCUT2D eigenvalue weighted by atomic mass is 10.00. The topological polar surface area (TPSA) is 24.9 Å². The normalized spacial score (nSPS) is 18.9. The summed E-state index contributed by atoms with van der Waals surface area (Å²) in [5, 5.41) is 4.26. The first-order chi connectivity index (χ1) is 7.75. The summed E-state index contributed by atoms with van der Waals surface area (Å²) in [5.74, 6) is 0.854. The van der Waals surface area contributed by atoms with Gasteiger partial charge in [0.2, 0.25) is 0 Å². The molecular weight excluding hydrogens is 220 g/mol. The number of hydrogen-bond donors (Lipinski definition) is 1.